The Morgan fingerprint density at radius 3 is 2.66 bits per heavy atom. The molecule has 2 rings (SSSR count). The van der Waals surface area contributed by atoms with E-state index in [0.29, 0.717) is 33.3 Å². The smallest absolute Gasteiger partial charge is 0.262 e. The summed E-state index contributed by atoms with van der Waals surface area (Å²) in [7, 11) is 1.49. The van der Waals surface area contributed by atoms with Crippen molar-refractivity contribution in [3.63, 3.8) is 0 Å². The van der Waals surface area contributed by atoms with Gasteiger partial charge >= 0.3 is 0 Å². The number of hydrogen-bond acceptors (Lipinski definition) is 5. The Morgan fingerprint density at radius 1 is 1.28 bits per heavy atom. The molecule has 0 aliphatic carbocycles. The van der Waals surface area contributed by atoms with E-state index in [1.54, 1.807) is 18.3 Å². The Hall–Kier alpha value is -2.72. The van der Waals surface area contributed by atoms with Crippen LogP contribution in [0.25, 0.3) is 0 Å². The summed E-state index contributed by atoms with van der Waals surface area (Å²) in [5, 5.41) is 10.0. The maximum atomic E-state index is 12.9. The van der Waals surface area contributed by atoms with Crippen LogP contribution in [0.3, 0.4) is 0 Å². The van der Waals surface area contributed by atoms with Gasteiger partial charge in [-0.2, -0.15) is 5.10 Å². The van der Waals surface area contributed by atoms with Crippen LogP contribution >= 0.6 is 28.1 Å². The molecule has 0 saturated carbocycles. The van der Waals surface area contributed by atoms with Gasteiger partial charge in [-0.3, -0.25) is 10.2 Å². The van der Waals surface area contributed by atoms with Crippen LogP contribution in [-0.2, 0) is 4.79 Å². The third kappa shape index (κ3) is 7.31. The molecule has 2 aromatic carbocycles. The first-order chi connectivity index (χ1) is 13.9. The fourth-order valence-electron chi connectivity index (χ4n) is 2.16. The molecule has 3 N–H and O–H groups in total. The Bertz CT molecular complexity index is 894. The highest BCUT2D eigenvalue weighted by Gasteiger charge is 2.12. The summed E-state index contributed by atoms with van der Waals surface area (Å²) in [5.74, 6) is 0.0399. The summed E-state index contributed by atoms with van der Waals surface area (Å²) in [6.45, 7) is 2.38. The number of carbonyl (C=O) groups excluding carboxylic acids is 1. The average molecular weight is 483 g/mol. The van der Waals surface area contributed by atoms with Gasteiger partial charge in [-0.1, -0.05) is 0 Å². The number of thiocarbonyl (C=S) groups is 1. The van der Waals surface area contributed by atoms with Crippen molar-refractivity contribution in [1.82, 2.24) is 10.7 Å². The first-order valence-electron chi connectivity index (χ1n) is 8.55. The number of nitrogens with zero attached hydrogens (tertiary/aromatic N) is 1. The van der Waals surface area contributed by atoms with Gasteiger partial charge in [0.25, 0.3) is 5.91 Å². The second-order valence-corrected chi connectivity index (χ2v) is 6.86. The van der Waals surface area contributed by atoms with Crippen LogP contribution in [0, 0.1) is 5.82 Å². The minimum absolute atomic E-state index is 0.244. The van der Waals surface area contributed by atoms with E-state index in [1.165, 1.54) is 31.4 Å². The largest absolute Gasteiger partial charge is 0.493 e. The number of hydrogen-bond donors (Lipinski definition) is 3. The summed E-state index contributed by atoms with van der Waals surface area (Å²) >= 11 is 8.47. The van der Waals surface area contributed by atoms with Gasteiger partial charge in [-0.05, 0) is 71.5 Å². The van der Waals surface area contributed by atoms with E-state index in [1.807, 2.05) is 6.92 Å². The van der Waals surface area contributed by atoms with E-state index >= 15 is 0 Å². The van der Waals surface area contributed by atoms with Gasteiger partial charge in [0.05, 0.1) is 13.3 Å². The molecular weight excluding hydrogens is 463 g/mol. The molecule has 29 heavy (non-hydrogen) atoms. The van der Waals surface area contributed by atoms with Gasteiger partial charge < -0.3 is 20.1 Å². The number of carbonyl (C=O) groups is 1. The number of hydrazone groups is 1. The third-order valence-corrected chi connectivity index (χ3v) is 4.40. The quantitative estimate of drug-likeness (QED) is 0.303. The van der Waals surface area contributed by atoms with Gasteiger partial charge in [0, 0.05) is 22.3 Å². The number of benzene rings is 2. The molecule has 0 fully saturated rings. The fraction of sp³-hybridized carbons (Fsp3) is 0.211. The Labute approximate surface area is 181 Å². The lowest BCUT2D eigenvalue weighted by atomic mass is 10.2. The number of amides is 1. The molecule has 0 aliphatic heterocycles. The molecule has 0 aromatic heterocycles. The Balaban J connectivity index is 2.00. The van der Waals surface area contributed by atoms with Crippen LogP contribution < -0.4 is 25.5 Å². The zero-order chi connectivity index (χ0) is 21.2. The molecule has 7 nitrogen and oxygen atoms in total. The van der Waals surface area contributed by atoms with Gasteiger partial charge in [-0.15, -0.1) is 0 Å². The third-order valence-electron chi connectivity index (χ3n) is 3.48. The highest BCUT2D eigenvalue weighted by molar-refractivity contribution is 9.10. The van der Waals surface area contributed by atoms with Crippen molar-refractivity contribution in [2.24, 2.45) is 5.10 Å². The SMILES string of the molecule is CCNC(=S)N/N=C\c1cc(OC)c(OCC(=O)Nc2ccc(F)cc2)cc1Br. The molecule has 0 atom stereocenters. The van der Waals surface area contributed by atoms with Crippen LogP contribution in [0.5, 0.6) is 11.5 Å². The molecule has 0 radical (unpaired) electrons. The highest BCUT2D eigenvalue weighted by atomic mass is 79.9. The molecule has 0 bridgehead atoms. The lowest BCUT2D eigenvalue weighted by Crippen LogP contribution is -2.31. The number of halogens is 2. The summed E-state index contributed by atoms with van der Waals surface area (Å²) in [5.41, 5.74) is 3.89. The van der Waals surface area contributed by atoms with E-state index < -0.39 is 0 Å². The highest BCUT2D eigenvalue weighted by Crippen LogP contribution is 2.33. The van der Waals surface area contributed by atoms with Crippen LogP contribution in [0.1, 0.15) is 12.5 Å². The molecule has 1 amide bonds. The zero-order valence-electron chi connectivity index (χ0n) is 15.8. The standard InChI is InChI=1S/C19H20BrFN4O3S/c1-3-22-19(29)25-23-10-12-8-16(27-2)17(9-15(12)20)28-11-18(26)24-14-6-4-13(21)5-7-14/h4-10H,3,11H2,1-2H3,(H,24,26)(H2,22,25,29)/b23-10-. The minimum Gasteiger partial charge on any atom is -0.493 e. The van der Waals surface area contributed by atoms with Gasteiger partial charge in [0.15, 0.2) is 23.2 Å². The summed E-state index contributed by atoms with van der Waals surface area (Å²) < 4.78 is 24.5. The van der Waals surface area contributed by atoms with Crippen molar-refractivity contribution in [3.05, 3.63) is 52.3 Å². The molecule has 0 spiro atoms. The fourth-order valence-corrected chi connectivity index (χ4v) is 2.78. The molecule has 154 valence electrons. The molecule has 0 unspecified atom stereocenters. The predicted molar refractivity (Wildman–Crippen MR) is 118 cm³/mol. The van der Waals surface area contributed by atoms with Gasteiger partial charge in [-0.25, -0.2) is 4.39 Å². The Morgan fingerprint density at radius 2 is 2.00 bits per heavy atom. The van der Waals surface area contributed by atoms with E-state index in [-0.39, 0.29) is 18.3 Å². The lowest BCUT2D eigenvalue weighted by molar-refractivity contribution is -0.118. The van der Waals surface area contributed by atoms with Crippen molar-refractivity contribution in [2.45, 2.75) is 6.92 Å². The van der Waals surface area contributed by atoms with Crippen molar-refractivity contribution in [2.75, 3.05) is 25.6 Å². The second kappa shape index (κ2) is 11.3. The zero-order valence-corrected chi connectivity index (χ0v) is 18.2. The monoisotopic (exact) mass is 482 g/mol. The van der Waals surface area contributed by atoms with E-state index in [2.05, 4.69) is 37.1 Å². The minimum atomic E-state index is -0.387. The van der Waals surface area contributed by atoms with Crippen molar-refractivity contribution in [1.29, 1.82) is 0 Å². The van der Waals surface area contributed by atoms with Crippen LogP contribution in [0.4, 0.5) is 10.1 Å². The van der Waals surface area contributed by atoms with Crippen LogP contribution in [-0.4, -0.2) is 37.5 Å². The molecular formula is C19H20BrFN4O3S. The number of methoxy groups -OCH3 is 1. The average Bonchev–Trinajstić information content (AvgIpc) is 2.69. The summed E-state index contributed by atoms with van der Waals surface area (Å²) in [6.07, 6.45) is 1.57. The molecule has 0 saturated heterocycles. The molecule has 0 heterocycles. The number of rotatable bonds is 8. The molecule has 0 aliphatic rings. The van der Waals surface area contributed by atoms with E-state index in [0.717, 1.165) is 5.56 Å². The van der Waals surface area contributed by atoms with E-state index in [4.69, 9.17) is 21.7 Å². The van der Waals surface area contributed by atoms with Crippen molar-refractivity contribution >= 4 is 51.1 Å². The number of ether oxygens (including phenoxy) is 2. The van der Waals surface area contributed by atoms with Gasteiger partial charge in [0.2, 0.25) is 0 Å². The molecule has 2 aromatic rings. The van der Waals surface area contributed by atoms with Crippen molar-refractivity contribution in [3.8, 4) is 11.5 Å². The molecule has 10 heteroatoms. The summed E-state index contributed by atoms with van der Waals surface area (Å²) in [6, 6.07) is 8.84. The number of nitrogens with one attached hydrogen (secondary N) is 3. The topological polar surface area (TPSA) is 84.0 Å². The lowest BCUT2D eigenvalue weighted by Gasteiger charge is -2.13. The summed E-state index contributed by atoms with van der Waals surface area (Å²) in [4.78, 5) is 12.1. The van der Waals surface area contributed by atoms with Gasteiger partial charge in [0.1, 0.15) is 5.82 Å². The Kier molecular flexibility index (Phi) is 8.81. The maximum absolute atomic E-state index is 12.9. The van der Waals surface area contributed by atoms with E-state index in [9.17, 15) is 9.18 Å². The van der Waals surface area contributed by atoms with Crippen LogP contribution in [0.15, 0.2) is 46.0 Å². The number of anilines is 1. The second-order valence-electron chi connectivity index (χ2n) is 5.60. The first kappa shape index (κ1) is 22.6. The first-order valence-corrected chi connectivity index (χ1v) is 9.75. The predicted octanol–water partition coefficient (Wildman–Crippen LogP) is 3.43. The van der Waals surface area contributed by atoms with Crippen molar-refractivity contribution < 1.29 is 18.7 Å². The maximum Gasteiger partial charge on any atom is 0.262 e. The normalized spacial score (nSPS) is 10.5. The van der Waals surface area contributed by atoms with Crippen LogP contribution in [0.2, 0.25) is 0 Å².